The van der Waals surface area contributed by atoms with Crippen molar-refractivity contribution in [2.45, 2.75) is 38.2 Å². The van der Waals surface area contributed by atoms with Gasteiger partial charge in [-0.05, 0) is 49.1 Å². The second-order valence-corrected chi connectivity index (χ2v) is 7.50. The average molecular weight is 397 g/mol. The number of rotatable bonds is 10. The SMILES string of the molecule is CCCNCCNC(=O)C1(c2ccc(OCc3ccccc3)cc2)CCOCC1. The van der Waals surface area contributed by atoms with Gasteiger partial charge < -0.3 is 20.1 Å². The molecule has 0 saturated carbocycles. The summed E-state index contributed by atoms with van der Waals surface area (Å²) < 4.78 is 11.4. The van der Waals surface area contributed by atoms with Gasteiger partial charge in [-0.15, -0.1) is 0 Å². The van der Waals surface area contributed by atoms with Crippen LogP contribution in [-0.4, -0.2) is 38.8 Å². The highest BCUT2D eigenvalue weighted by molar-refractivity contribution is 5.88. The molecular weight excluding hydrogens is 364 g/mol. The molecule has 1 amide bonds. The van der Waals surface area contributed by atoms with Crippen LogP contribution in [0.1, 0.15) is 37.3 Å². The van der Waals surface area contributed by atoms with Gasteiger partial charge in [0.15, 0.2) is 0 Å². The summed E-state index contributed by atoms with van der Waals surface area (Å²) in [5.74, 6) is 0.904. The zero-order chi connectivity index (χ0) is 20.4. The average Bonchev–Trinajstić information content (AvgIpc) is 2.79. The molecule has 1 heterocycles. The van der Waals surface area contributed by atoms with E-state index in [4.69, 9.17) is 9.47 Å². The van der Waals surface area contributed by atoms with Gasteiger partial charge >= 0.3 is 0 Å². The van der Waals surface area contributed by atoms with E-state index in [0.717, 1.165) is 36.4 Å². The lowest BCUT2D eigenvalue weighted by molar-refractivity contribution is -0.130. The molecule has 2 aromatic rings. The maximum atomic E-state index is 13.1. The Morgan fingerprint density at radius 1 is 1.00 bits per heavy atom. The quantitative estimate of drug-likeness (QED) is 0.604. The summed E-state index contributed by atoms with van der Waals surface area (Å²) in [5, 5.41) is 6.45. The molecule has 5 nitrogen and oxygen atoms in total. The minimum absolute atomic E-state index is 0.0945. The normalized spacial score (nSPS) is 15.6. The first-order chi connectivity index (χ1) is 14.2. The van der Waals surface area contributed by atoms with E-state index in [0.29, 0.717) is 39.2 Å². The number of benzene rings is 2. The van der Waals surface area contributed by atoms with Gasteiger partial charge in [0.2, 0.25) is 5.91 Å². The van der Waals surface area contributed by atoms with E-state index in [2.05, 4.69) is 17.6 Å². The van der Waals surface area contributed by atoms with Crippen molar-refractivity contribution in [2.75, 3.05) is 32.8 Å². The second-order valence-electron chi connectivity index (χ2n) is 7.50. The molecule has 0 unspecified atom stereocenters. The Balaban J connectivity index is 1.64. The topological polar surface area (TPSA) is 59.6 Å². The summed E-state index contributed by atoms with van der Waals surface area (Å²) in [7, 11) is 0. The molecule has 2 aromatic carbocycles. The van der Waals surface area contributed by atoms with E-state index < -0.39 is 5.41 Å². The molecule has 1 saturated heterocycles. The van der Waals surface area contributed by atoms with E-state index in [1.54, 1.807) is 0 Å². The number of amides is 1. The van der Waals surface area contributed by atoms with Crippen LogP contribution in [0.3, 0.4) is 0 Å². The lowest BCUT2D eigenvalue weighted by atomic mass is 9.73. The Hall–Kier alpha value is -2.37. The monoisotopic (exact) mass is 396 g/mol. The highest BCUT2D eigenvalue weighted by Crippen LogP contribution is 2.36. The third-order valence-corrected chi connectivity index (χ3v) is 5.45. The first kappa shape index (κ1) is 21.3. The number of nitrogens with one attached hydrogen (secondary N) is 2. The molecule has 3 rings (SSSR count). The van der Waals surface area contributed by atoms with Gasteiger partial charge in [0.1, 0.15) is 12.4 Å². The summed E-state index contributed by atoms with van der Waals surface area (Å²) in [6.07, 6.45) is 2.49. The fraction of sp³-hybridized carbons (Fsp3) is 0.458. The largest absolute Gasteiger partial charge is 0.489 e. The van der Waals surface area contributed by atoms with Crippen molar-refractivity contribution in [2.24, 2.45) is 0 Å². The fourth-order valence-electron chi connectivity index (χ4n) is 3.71. The summed E-state index contributed by atoms with van der Waals surface area (Å²) >= 11 is 0. The minimum atomic E-state index is -0.527. The van der Waals surface area contributed by atoms with Crippen molar-refractivity contribution in [3.8, 4) is 5.75 Å². The van der Waals surface area contributed by atoms with Crippen LogP contribution in [0, 0.1) is 0 Å². The number of hydrogen-bond donors (Lipinski definition) is 2. The van der Waals surface area contributed by atoms with Crippen molar-refractivity contribution in [3.63, 3.8) is 0 Å². The summed E-state index contributed by atoms with van der Waals surface area (Å²) in [6, 6.07) is 18.1. The van der Waals surface area contributed by atoms with E-state index in [9.17, 15) is 4.79 Å². The molecule has 0 atom stereocenters. The van der Waals surface area contributed by atoms with Crippen LogP contribution in [0.15, 0.2) is 54.6 Å². The van der Waals surface area contributed by atoms with Crippen LogP contribution in [0.25, 0.3) is 0 Å². The van der Waals surface area contributed by atoms with E-state index in [1.165, 1.54) is 0 Å². The van der Waals surface area contributed by atoms with Crippen LogP contribution >= 0.6 is 0 Å². The van der Waals surface area contributed by atoms with Gasteiger partial charge in [0.25, 0.3) is 0 Å². The van der Waals surface area contributed by atoms with Gasteiger partial charge in [-0.2, -0.15) is 0 Å². The summed E-state index contributed by atoms with van der Waals surface area (Å²) in [6.45, 7) is 6.28. The molecule has 0 spiro atoms. The second kappa shape index (κ2) is 11.0. The Labute approximate surface area is 173 Å². The first-order valence-electron chi connectivity index (χ1n) is 10.6. The molecule has 5 heteroatoms. The summed E-state index contributed by atoms with van der Waals surface area (Å²) in [4.78, 5) is 13.1. The van der Waals surface area contributed by atoms with Crippen molar-refractivity contribution >= 4 is 5.91 Å². The lowest BCUT2D eigenvalue weighted by Crippen LogP contribution is -2.49. The van der Waals surface area contributed by atoms with E-state index >= 15 is 0 Å². The van der Waals surface area contributed by atoms with Crippen LogP contribution in [-0.2, 0) is 21.6 Å². The molecule has 0 aromatic heterocycles. The molecule has 29 heavy (non-hydrogen) atoms. The van der Waals surface area contributed by atoms with Crippen molar-refractivity contribution < 1.29 is 14.3 Å². The molecule has 0 bridgehead atoms. The van der Waals surface area contributed by atoms with E-state index in [1.807, 2.05) is 54.6 Å². The summed E-state index contributed by atoms with van der Waals surface area (Å²) in [5.41, 5.74) is 1.64. The fourth-order valence-corrected chi connectivity index (χ4v) is 3.71. The maximum Gasteiger partial charge on any atom is 0.230 e. The Bertz CT molecular complexity index is 740. The standard InChI is InChI=1S/C24H32N2O3/c1-2-14-25-15-16-26-23(27)24(12-17-28-18-13-24)21-8-10-22(11-9-21)29-19-20-6-4-3-5-7-20/h3-11,25H,2,12-19H2,1H3,(H,26,27). The van der Waals surface area contributed by atoms with Gasteiger partial charge in [0, 0.05) is 26.3 Å². The third-order valence-electron chi connectivity index (χ3n) is 5.45. The smallest absolute Gasteiger partial charge is 0.230 e. The van der Waals surface area contributed by atoms with Gasteiger partial charge in [-0.25, -0.2) is 0 Å². The molecule has 0 radical (unpaired) electrons. The van der Waals surface area contributed by atoms with Gasteiger partial charge in [0.05, 0.1) is 5.41 Å². The van der Waals surface area contributed by atoms with Crippen LogP contribution in [0.5, 0.6) is 5.75 Å². The first-order valence-corrected chi connectivity index (χ1v) is 10.6. The van der Waals surface area contributed by atoms with Crippen LogP contribution < -0.4 is 15.4 Å². The highest BCUT2D eigenvalue weighted by atomic mass is 16.5. The molecule has 1 aliphatic rings. The predicted molar refractivity (Wildman–Crippen MR) is 115 cm³/mol. The Morgan fingerprint density at radius 3 is 2.41 bits per heavy atom. The molecular formula is C24H32N2O3. The van der Waals surface area contributed by atoms with Crippen LogP contribution in [0.2, 0.25) is 0 Å². The third kappa shape index (κ3) is 5.81. The van der Waals surface area contributed by atoms with Crippen molar-refractivity contribution in [1.29, 1.82) is 0 Å². The predicted octanol–water partition coefficient (Wildman–Crippen LogP) is 3.43. The number of carbonyl (C=O) groups is 1. The number of hydrogen-bond acceptors (Lipinski definition) is 4. The van der Waals surface area contributed by atoms with Gasteiger partial charge in [-0.3, -0.25) is 4.79 Å². The maximum absolute atomic E-state index is 13.1. The van der Waals surface area contributed by atoms with Crippen LogP contribution in [0.4, 0.5) is 0 Å². The number of carbonyl (C=O) groups excluding carboxylic acids is 1. The highest BCUT2D eigenvalue weighted by Gasteiger charge is 2.41. The molecule has 0 aliphatic carbocycles. The molecule has 1 fully saturated rings. The van der Waals surface area contributed by atoms with Gasteiger partial charge in [-0.1, -0.05) is 49.4 Å². The minimum Gasteiger partial charge on any atom is -0.489 e. The van der Waals surface area contributed by atoms with E-state index in [-0.39, 0.29) is 5.91 Å². The van der Waals surface area contributed by atoms with Crippen molar-refractivity contribution in [1.82, 2.24) is 10.6 Å². The zero-order valence-corrected chi connectivity index (χ0v) is 17.3. The molecule has 2 N–H and O–H groups in total. The zero-order valence-electron chi connectivity index (χ0n) is 17.3. The Morgan fingerprint density at radius 2 is 1.72 bits per heavy atom. The lowest BCUT2D eigenvalue weighted by Gasteiger charge is -2.36. The molecule has 1 aliphatic heterocycles. The Kier molecular flexibility index (Phi) is 8.08. The van der Waals surface area contributed by atoms with Crippen molar-refractivity contribution in [3.05, 3.63) is 65.7 Å². The number of ether oxygens (including phenoxy) is 2. The molecule has 156 valence electrons.